The Labute approximate surface area is 190 Å². The number of carbonyl (C=O) groups excluding carboxylic acids is 1. The minimum absolute atomic E-state index is 0.0136. The van der Waals surface area contributed by atoms with Crippen molar-refractivity contribution in [1.82, 2.24) is 25.0 Å². The van der Waals surface area contributed by atoms with Crippen molar-refractivity contribution in [3.63, 3.8) is 0 Å². The highest BCUT2D eigenvalue weighted by atomic mass is 32.2. The fourth-order valence-electron chi connectivity index (χ4n) is 4.27. The van der Waals surface area contributed by atoms with Crippen LogP contribution in [-0.4, -0.2) is 75.5 Å². The lowest BCUT2D eigenvalue weighted by Crippen LogP contribution is -2.59. The van der Waals surface area contributed by atoms with Gasteiger partial charge in [0.1, 0.15) is 9.88 Å². The number of ether oxygens (including phenoxy) is 1. The molecule has 0 radical (unpaired) electrons. The summed E-state index contributed by atoms with van der Waals surface area (Å²) in [6.07, 6.45) is 1.07. The van der Waals surface area contributed by atoms with E-state index in [-0.39, 0.29) is 17.0 Å². The van der Waals surface area contributed by atoms with Crippen molar-refractivity contribution in [3.05, 3.63) is 32.2 Å². The molecule has 2 aromatic rings. The second kappa shape index (κ2) is 9.01. The van der Waals surface area contributed by atoms with Crippen molar-refractivity contribution in [2.24, 2.45) is 7.05 Å². The van der Waals surface area contributed by atoms with Gasteiger partial charge in [0.05, 0.1) is 30.2 Å². The number of thiazole rings is 1. The van der Waals surface area contributed by atoms with Crippen LogP contribution >= 0.6 is 23.1 Å². The van der Waals surface area contributed by atoms with E-state index in [1.807, 2.05) is 32.5 Å². The van der Waals surface area contributed by atoms with E-state index in [0.717, 1.165) is 55.5 Å². The van der Waals surface area contributed by atoms with Gasteiger partial charge < -0.3 is 10.1 Å². The number of aryl methyl sites for hydroxylation is 3. The molecule has 2 fully saturated rings. The zero-order chi connectivity index (χ0) is 22.2. The number of carbonyl (C=O) groups is 1. The number of hydrogen-bond acceptors (Lipinski definition) is 8. The van der Waals surface area contributed by atoms with Gasteiger partial charge in [-0.05, 0) is 38.5 Å². The van der Waals surface area contributed by atoms with Crippen LogP contribution in [0.4, 0.5) is 0 Å². The van der Waals surface area contributed by atoms with Crippen molar-refractivity contribution < 1.29 is 9.53 Å². The van der Waals surface area contributed by atoms with Gasteiger partial charge in [-0.15, -0.1) is 11.3 Å². The summed E-state index contributed by atoms with van der Waals surface area (Å²) in [6.45, 7) is 9.49. The first-order valence-corrected chi connectivity index (χ1v) is 12.5. The fourth-order valence-corrected chi connectivity index (χ4v) is 6.83. The van der Waals surface area contributed by atoms with Gasteiger partial charge in [0, 0.05) is 38.0 Å². The normalized spacial score (nSPS) is 22.1. The second-order valence-corrected chi connectivity index (χ2v) is 10.4. The monoisotopic (exact) mass is 463 g/mol. The minimum atomic E-state index is -0.196. The van der Waals surface area contributed by atoms with Gasteiger partial charge in [0.25, 0.3) is 11.5 Å². The Hall–Kier alpha value is -1.75. The van der Waals surface area contributed by atoms with E-state index in [9.17, 15) is 9.59 Å². The zero-order valence-corrected chi connectivity index (χ0v) is 20.1. The van der Waals surface area contributed by atoms with E-state index >= 15 is 0 Å². The fraction of sp³-hybridized carbons (Fsp3) is 0.619. The van der Waals surface area contributed by atoms with E-state index in [0.29, 0.717) is 27.7 Å². The molecule has 10 heteroatoms. The first kappa shape index (κ1) is 22.4. The van der Waals surface area contributed by atoms with Crippen LogP contribution in [0, 0.1) is 20.8 Å². The molecule has 0 aliphatic carbocycles. The van der Waals surface area contributed by atoms with Crippen LogP contribution in [0.1, 0.15) is 33.0 Å². The number of morpholine rings is 1. The van der Waals surface area contributed by atoms with E-state index in [1.165, 1.54) is 16.0 Å². The quantitative estimate of drug-likeness (QED) is 0.723. The third-order valence-electron chi connectivity index (χ3n) is 6.28. The minimum Gasteiger partial charge on any atom is -0.379 e. The third-order valence-corrected chi connectivity index (χ3v) is 8.69. The molecule has 8 nitrogen and oxygen atoms in total. The highest BCUT2D eigenvalue weighted by molar-refractivity contribution is 7.99. The molecule has 0 aromatic carbocycles. The van der Waals surface area contributed by atoms with Gasteiger partial charge in [0.2, 0.25) is 0 Å². The summed E-state index contributed by atoms with van der Waals surface area (Å²) >= 11 is 3.23. The van der Waals surface area contributed by atoms with Crippen molar-refractivity contribution in [2.75, 3.05) is 44.4 Å². The Morgan fingerprint density at radius 1 is 1.23 bits per heavy atom. The molecule has 1 atom stereocenters. The van der Waals surface area contributed by atoms with Gasteiger partial charge in [-0.1, -0.05) is 0 Å². The Kier molecular flexibility index (Phi) is 6.52. The number of rotatable bonds is 5. The molecule has 0 bridgehead atoms. The lowest BCUT2D eigenvalue weighted by molar-refractivity contribution is -0.0129. The van der Waals surface area contributed by atoms with Crippen LogP contribution < -0.4 is 10.9 Å². The van der Waals surface area contributed by atoms with Crippen LogP contribution in [0.25, 0.3) is 10.6 Å². The van der Waals surface area contributed by atoms with Crippen LogP contribution in [0.15, 0.2) is 4.79 Å². The number of amides is 1. The molecule has 4 rings (SSSR count). The van der Waals surface area contributed by atoms with Gasteiger partial charge in [-0.2, -0.15) is 16.9 Å². The van der Waals surface area contributed by atoms with Crippen molar-refractivity contribution in [3.8, 4) is 10.6 Å². The summed E-state index contributed by atoms with van der Waals surface area (Å²) in [5, 5.41) is 7.99. The van der Waals surface area contributed by atoms with Gasteiger partial charge in [-0.3, -0.25) is 14.5 Å². The summed E-state index contributed by atoms with van der Waals surface area (Å²) in [4.78, 5) is 33.4. The van der Waals surface area contributed by atoms with Gasteiger partial charge in [0.15, 0.2) is 0 Å². The van der Waals surface area contributed by atoms with Gasteiger partial charge >= 0.3 is 0 Å². The standard InChI is InChI=1S/C21H29N5O3S2/c1-13-14(2)24-25(4)20(28)16(13)19-23-15(3)17(31-19)18(27)22-11-21(5-10-30-12-21)26-6-8-29-9-7-26/h5-12H2,1-4H3,(H,22,27). The molecule has 2 saturated heterocycles. The molecular weight excluding hydrogens is 434 g/mol. The van der Waals surface area contributed by atoms with E-state index in [2.05, 4.69) is 20.3 Å². The maximum atomic E-state index is 13.1. The molecule has 0 saturated carbocycles. The molecule has 168 valence electrons. The Bertz CT molecular complexity index is 1040. The molecule has 2 aromatic heterocycles. The number of hydrogen-bond donors (Lipinski definition) is 1. The maximum Gasteiger partial charge on any atom is 0.277 e. The predicted molar refractivity (Wildman–Crippen MR) is 124 cm³/mol. The number of aromatic nitrogens is 3. The molecule has 31 heavy (non-hydrogen) atoms. The zero-order valence-electron chi connectivity index (χ0n) is 18.5. The second-order valence-electron chi connectivity index (χ2n) is 8.26. The SMILES string of the molecule is Cc1nc(-c2c(C)c(C)nn(C)c2=O)sc1C(=O)NCC1(N2CCOCC2)CCSC1. The molecule has 1 amide bonds. The first-order chi connectivity index (χ1) is 14.8. The molecule has 4 heterocycles. The molecule has 2 aliphatic heterocycles. The molecule has 2 aliphatic rings. The van der Waals surface area contributed by atoms with Crippen LogP contribution in [0.3, 0.4) is 0 Å². The van der Waals surface area contributed by atoms with Crippen molar-refractivity contribution in [2.45, 2.75) is 32.7 Å². The summed E-state index contributed by atoms with van der Waals surface area (Å²) in [7, 11) is 1.64. The van der Waals surface area contributed by atoms with Crippen LogP contribution in [0.2, 0.25) is 0 Å². The Balaban J connectivity index is 1.55. The van der Waals surface area contributed by atoms with Crippen molar-refractivity contribution in [1.29, 1.82) is 0 Å². The van der Waals surface area contributed by atoms with E-state index < -0.39 is 0 Å². The summed E-state index contributed by atoms with van der Waals surface area (Å²) in [5.74, 6) is 2.01. The van der Waals surface area contributed by atoms with E-state index in [1.54, 1.807) is 7.05 Å². The number of nitrogens with zero attached hydrogens (tertiary/aromatic N) is 4. The summed E-state index contributed by atoms with van der Waals surface area (Å²) < 4.78 is 6.85. The Morgan fingerprint density at radius 3 is 2.65 bits per heavy atom. The lowest BCUT2D eigenvalue weighted by atomic mass is 9.95. The smallest absolute Gasteiger partial charge is 0.277 e. The number of thioether (sulfide) groups is 1. The largest absolute Gasteiger partial charge is 0.379 e. The lowest BCUT2D eigenvalue weighted by Gasteiger charge is -2.43. The summed E-state index contributed by atoms with van der Waals surface area (Å²) in [5.41, 5.74) is 2.55. The maximum absolute atomic E-state index is 13.1. The highest BCUT2D eigenvalue weighted by Crippen LogP contribution is 2.34. The van der Waals surface area contributed by atoms with Crippen molar-refractivity contribution >= 4 is 29.0 Å². The molecular formula is C21H29N5O3S2. The predicted octanol–water partition coefficient (Wildman–Crippen LogP) is 1.77. The molecule has 0 spiro atoms. The van der Waals surface area contributed by atoms with Crippen LogP contribution in [0.5, 0.6) is 0 Å². The molecule has 1 unspecified atom stereocenters. The number of nitrogens with one attached hydrogen (secondary N) is 1. The molecule has 1 N–H and O–H groups in total. The topological polar surface area (TPSA) is 89.3 Å². The van der Waals surface area contributed by atoms with Crippen LogP contribution in [-0.2, 0) is 11.8 Å². The third kappa shape index (κ3) is 4.30. The highest BCUT2D eigenvalue weighted by Gasteiger charge is 2.41. The van der Waals surface area contributed by atoms with Gasteiger partial charge in [-0.25, -0.2) is 9.67 Å². The average molecular weight is 464 g/mol. The first-order valence-electron chi connectivity index (χ1n) is 10.5. The van der Waals surface area contributed by atoms with E-state index in [4.69, 9.17) is 4.74 Å². The summed E-state index contributed by atoms with van der Waals surface area (Å²) in [6, 6.07) is 0. The Morgan fingerprint density at radius 2 is 1.97 bits per heavy atom. The average Bonchev–Trinajstić information content (AvgIpc) is 3.39.